The van der Waals surface area contributed by atoms with Gasteiger partial charge < -0.3 is 19.9 Å². The van der Waals surface area contributed by atoms with Crippen LogP contribution in [0.1, 0.15) is 54.4 Å². The molecule has 1 saturated heterocycles. The Morgan fingerprint density at radius 2 is 2.11 bits per heavy atom. The Morgan fingerprint density at radius 3 is 2.89 bits per heavy atom. The third kappa shape index (κ3) is 4.60. The summed E-state index contributed by atoms with van der Waals surface area (Å²) in [7, 11) is 3.78. The molecular formula is C26H35FN6O2. The highest BCUT2D eigenvalue weighted by Gasteiger charge is 2.48. The van der Waals surface area contributed by atoms with Crippen LogP contribution in [-0.2, 0) is 11.2 Å². The number of alkyl halides is 1. The van der Waals surface area contributed by atoms with Crippen molar-refractivity contribution in [2.75, 3.05) is 33.7 Å². The van der Waals surface area contributed by atoms with Crippen LogP contribution >= 0.6 is 0 Å². The van der Waals surface area contributed by atoms with Crippen molar-refractivity contribution >= 4 is 11.5 Å². The molecule has 2 fully saturated rings. The number of hydrazine groups is 1. The van der Waals surface area contributed by atoms with Crippen molar-refractivity contribution in [1.82, 2.24) is 30.6 Å². The van der Waals surface area contributed by atoms with E-state index in [2.05, 4.69) is 26.9 Å². The molecule has 188 valence electrons. The maximum atomic E-state index is 15.8. The first kappa shape index (κ1) is 24.0. The van der Waals surface area contributed by atoms with Gasteiger partial charge in [-0.2, -0.15) is 0 Å². The van der Waals surface area contributed by atoms with Gasteiger partial charge >= 0.3 is 0 Å². The summed E-state index contributed by atoms with van der Waals surface area (Å²) >= 11 is 0. The number of aryl methyl sites for hydroxylation is 1. The molecular weight excluding hydrogens is 447 g/mol. The van der Waals surface area contributed by atoms with Crippen LogP contribution in [0, 0.1) is 5.92 Å². The lowest BCUT2D eigenvalue weighted by Gasteiger charge is -2.36. The minimum atomic E-state index is -1.04. The van der Waals surface area contributed by atoms with Gasteiger partial charge in [-0.25, -0.2) is 14.8 Å². The first-order chi connectivity index (χ1) is 16.9. The molecule has 5 rings (SSSR count). The number of phenolic OH excluding ortho intramolecular Hbond substituents is 1. The Balaban J connectivity index is 1.26. The number of phenols is 1. The number of nitrogens with one attached hydrogen (secondary N) is 3. The Hall–Kier alpha value is -2.75. The van der Waals surface area contributed by atoms with Gasteiger partial charge in [0.25, 0.3) is 0 Å². The molecule has 5 atom stereocenters. The van der Waals surface area contributed by atoms with Crippen molar-refractivity contribution < 1.29 is 14.3 Å². The zero-order chi connectivity index (χ0) is 24.7. The van der Waals surface area contributed by atoms with Gasteiger partial charge in [0.15, 0.2) is 0 Å². The van der Waals surface area contributed by atoms with Crippen LogP contribution in [0.2, 0.25) is 0 Å². The molecule has 0 bridgehead atoms. The Kier molecular flexibility index (Phi) is 6.65. The summed E-state index contributed by atoms with van der Waals surface area (Å²) in [5, 5.41) is 9.85. The Bertz CT molecular complexity index is 1120. The van der Waals surface area contributed by atoms with Gasteiger partial charge in [-0.3, -0.25) is 10.2 Å². The highest BCUT2D eigenvalue weighted by atomic mass is 19.1. The maximum absolute atomic E-state index is 15.8. The monoisotopic (exact) mass is 482 g/mol. The third-order valence-electron chi connectivity index (χ3n) is 7.70. The van der Waals surface area contributed by atoms with Gasteiger partial charge in [0.2, 0.25) is 5.91 Å². The van der Waals surface area contributed by atoms with Crippen molar-refractivity contribution in [2.24, 2.45) is 5.92 Å². The van der Waals surface area contributed by atoms with Gasteiger partial charge in [0, 0.05) is 24.9 Å². The summed E-state index contributed by atoms with van der Waals surface area (Å²) in [6.45, 7) is 3.60. The summed E-state index contributed by atoms with van der Waals surface area (Å²) in [6, 6.07) is 4.89. The van der Waals surface area contributed by atoms with Crippen LogP contribution in [-0.4, -0.2) is 76.7 Å². The van der Waals surface area contributed by atoms with E-state index in [9.17, 15) is 9.90 Å². The number of H-pyrrole nitrogens is 1. The smallest absolute Gasteiger partial charge is 0.237 e. The van der Waals surface area contributed by atoms with E-state index in [-0.39, 0.29) is 35.6 Å². The average Bonchev–Trinajstić information content (AvgIpc) is 3.58. The first-order valence-corrected chi connectivity index (χ1v) is 12.5. The molecule has 0 radical (unpaired) electrons. The van der Waals surface area contributed by atoms with Gasteiger partial charge in [-0.1, -0.05) is 19.1 Å². The van der Waals surface area contributed by atoms with Gasteiger partial charge in [0.05, 0.1) is 30.5 Å². The summed E-state index contributed by atoms with van der Waals surface area (Å²) in [4.78, 5) is 24.2. The van der Waals surface area contributed by atoms with Crippen molar-refractivity contribution in [1.29, 1.82) is 0 Å². The predicted octanol–water partition coefficient (Wildman–Crippen LogP) is 2.51. The molecule has 1 saturated carbocycles. The minimum absolute atomic E-state index is 0.0816. The number of fused-ring (bicyclic) bond motifs is 1. The molecule has 5 unspecified atom stereocenters. The molecule has 1 aromatic carbocycles. The molecule has 3 heterocycles. The van der Waals surface area contributed by atoms with Crippen molar-refractivity contribution in [3.63, 3.8) is 0 Å². The number of nitrogens with zero attached hydrogens (tertiary/aromatic N) is 3. The van der Waals surface area contributed by atoms with Gasteiger partial charge in [0.1, 0.15) is 17.7 Å². The number of aromatic hydroxyl groups is 1. The van der Waals surface area contributed by atoms with Crippen molar-refractivity contribution in [2.45, 2.75) is 50.4 Å². The lowest BCUT2D eigenvalue weighted by molar-refractivity contribution is -0.130. The fraction of sp³-hybridized carbons (Fsp3) is 0.538. The highest BCUT2D eigenvalue weighted by Crippen LogP contribution is 2.45. The van der Waals surface area contributed by atoms with E-state index in [0.717, 1.165) is 47.5 Å². The van der Waals surface area contributed by atoms with Crippen LogP contribution in [0.5, 0.6) is 5.75 Å². The number of aromatic nitrogens is 2. The maximum Gasteiger partial charge on any atom is 0.237 e. The molecule has 2 aliphatic heterocycles. The quantitative estimate of drug-likeness (QED) is 0.505. The molecule has 8 nitrogen and oxygen atoms in total. The molecule has 35 heavy (non-hydrogen) atoms. The fourth-order valence-electron chi connectivity index (χ4n) is 5.88. The van der Waals surface area contributed by atoms with E-state index < -0.39 is 6.17 Å². The second kappa shape index (κ2) is 9.72. The van der Waals surface area contributed by atoms with Crippen molar-refractivity contribution in [3.8, 4) is 5.75 Å². The molecule has 0 spiro atoms. The second-order valence-electron chi connectivity index (χ2n) is 10.2. The number of amides is 1. The van der Waals surface area contributed by atoms with E-state index in [1.807, 2.05) is 43.1 Å². The molecule has 1 aliphatic carbocycles. The number of carbonyl (C=O) groups excluding carboxylic acids is 1. The summed E-state index contributed by atoms with van der Waals surface area (Å²) in [5.74, 6) is 1.02. The normalized spacial score (nSPS) is 28.4. The predicted molar refractivity (Wildman–Crippen MR) is 132 cm³/mol. The summed E-state index contributed by atoms with van der Waals surface area (Å²) in [5.41, 5.74) is 10.5. The van der Waals surface area contributed by atoms with Crippen LogP contribution in [0.25, 0.3) is 5.57 Å². The fourth-order valence-corrected chi connectivity index (χ4v) is 5.88. The number of rotatable bonds is 6. The molecule has 9 heteroatoms. The standard InChI is InChI=1S/C26H35FN6O2/c1-4-15-11-17(34)5-6-18(15)19-7-8-20-24(23(19)27)30-31-25(20)26-28-12-21(29-26)16-9-10-33(13-16)22(35)14-32(2)3/h5-6,9,11-12,19-20,23-25,30-31,34H,4,7-8,10,13-14H2,1-3H3,(H,28,29). The van der Waals surface area contributed by atoms with Crippen LogP contribution in [0.3, 0.4) is 0 Å². The average molecular weight is 483 g/mol. The van der Waals surface area contributed by atoms with E-state index >= 15 is 4.39 Å². The molecule has 1 aromatic heterocycles. The largest absolute Gasteiger partial charge is 0.508 e. The summed E-state index contributed by atoms with van der Waals surface area (Å²) in [6.07, 6.45) is 5.23. The van der Waals surface area contributed by atoms with E-state index in [1.54, 1.807) is 12.1 Å². The molecule has 4 N–H and O–H groups in total. The van der Waals surface area contributed by atoms with Crippen LogP contribution < -0.4 is 10.9 Å². The van der Waals surface area contributed by atoms with E-state index in [4.69, 9.17) is 0 Å². The number of hydrogen-bond acceptors (Lipinski definition) is 6. The SMILES string of the molecule is CCc1cc(O)ccc1C1CCC2C(c3ncc(C4=CCN(C(=O)CN(C)C)C4)[nH]3)NNC2C1F. The zero-order valence-corrected chi connectivity index (χ0v) is 20.6. The van der Waals surface area contributed by atoms with E-state index in [0.29, 0.717) is 19.6 Å². The number of likely N-dealkylation sites (N-methyl/N-ethyl adjacent to an activating group) is 1. The number of benzene rings is 1. The van der Waals surface area contributed by atoms with Crippen molar-refractivity contribution in [3.05, 3.63) is 53.1 Å². The zero-order valence-electron chi connectivity index (χ0n) is 20.6. The Labute approximate surface area is 205 Å². The number of hydrogen-bond donors (Lipinski definition) is 4. The number of imidazole rings is 1. The first-order valence-electron chi connectivity index (χ1n) is 12.5. The molecule has 1 amide bonds. The topological polar surface area (TPSA) is 96.5 Å². The number of halogens is 1. The number of aromatic amines is 1. The highest BCUT2D eigenvalue weighted by molar-refractivity contribution is 5.82. The lowest BCUT2D eigenvalue weighted by Crippen LogP contribution is -2.45. The minimum Gasteiger partial charge on any atom is -0.508 e. The van der Waals surface area contributed by atoms with Gasteiger partial charge in [-0.15, -0.1) is 0 Å². The van der Waals surface area contributed by atoms with Crippen LogP contribution in [0.4, 0.5) is 4.39 Å². The summed E-state index contributed by atoms with van der Waals surface area (Å²) < 4.78 is 15.8. The molecule has 3 aliphatic rings. The van der Waals surface area contributed by atoms with Gasteiger partial charge in [-0.05, 0) is 62.2 Å². The lowest BCUT2D eigenvalue weighted by atomic mass is 9.71. The van der Waals surface area contributed by atoms with Crippen LogP contribution in [0.15, 0.2) is 30.5 Å². The third-order valence-corrected chi connectivity index (χ3v) is 7.70. The Morgan fingerprint density at radius 1 is 1.29 bits per heavy atom. The van der Waals surface area contributed by atoms with E-state index in [1.165, 1.54) is 0 Å². The molecule has 2 aromatic rings. The second-order valence-corrected chi connectivity index (χ2v) is 10.2. The number of carbonyl (C=O) groups is 1.